The number of nitrogens with zero attached hydrogens (tertiary/aromatic N) is 4. The zero-order valence-electron chi connectivity index (χ0n) is 14.9. The van der Waals surface area contributed by atoms with Gasteiger partial charge in [-0.05, 0) is 44.2 Å². The van der Waals surface area contributed by atoms with Gasteiger partial charge < -0.3 is 0 Å². The lowest BCUT2D eigenvalue weighted by atomic mass is 10.3. The van der Waals surface area contributed by atoms with Gasteiger partial charge in [0.05, 0.1) is 27.7 Å². The molecule has 0 aliphatic carbocycles. The fourth-order valence-electron chi connectivity index (χ4n) is 2.73. The smallest absolute Gasteiger partial charge is 0.266 e. The lowest BCUT2D eigenvalue weighted by Crippen LogP contribution is -2.18. The van der Waals surface area contributed by atoms with Crippen LogP contribution in [0.3, 0.4) is 0 Å². The van der Waals surface area contributed by atoms with E-state index in [-0.39, 0.29) is 5.91 Å². The van der Waals surface area contributed by atoms with Crippen molar-refractivity contribution >= 4 is 33.2 Å². The number of thiophene rings is 1. The highest BCUT2D eigenvalue weighted by Crippen LogP contribution is 2.30. The summed E-state index contributed by atoms with van der Waals surface area (Å²) in [7, 11) is 0. The third-order valence-electron chi connectivity index (χ3n) is 4.13. The number of aromatic nitrogens is 3. The van der Waals surface area contributed by atoms with Crippen molar-refractivity contribution in [3.63, 3.8) is 0 Å². The summed E-state index contributed by atoms with van der Waals surface area (Å²) in [6.45, 7) is 3.75. The molecule has 0 aliphatic heterocycles. The number of amides is 1. The van der Waals surface area contributed by atoms with E-state index in [1.54, 1.807) is 6.20 Å². The summed E-state index contributed by atoms with van der Waals surface area (Å²) in [5.41, 5.74) is 5.85. The fourth-order valence-corrected chi connectivity index (χ4v) is 3.80. The van der Waals surface area contributed by atoms with E-state index in [9.17, 15) is 4.79 Å². The first-order valence-electron chi connectivity index (χ1n) is 8.44. The zero-order valence-corrected chi connectivity index (χ0v) is 15.7. The molecular weight excluding hydrogens is 358 g/mol. The van der Waals surface area contributed by atoms with Crippen LogP contribution in [0, 0.1) is 6.92 Å². The molecule has 134 valence electrons. The van der Waals surface area contributed by atoms with Gasteiger partial charge in [0.2, 0.25) is 0 Å². The quantitative estimate of drug-likeness (QED) is 0.434. The number of carbonyl (C=O) groups is 1. The highest BCUT2D eigenvalue weighted by atomic mass is 32.1. The minimum Gasteiger partial charge on any atom is -0.266 e. The molecule has 27 heavy (non-hydrogen) atoms. The third kappa shape index (κ3) is 3.37. The molecule has 3 heterocycles. The summed E-state index contributed by atoms with van der Waals surface area (Å²) < 4.78 is 1.87. The maximum Gasteiger partial charge on any atom is 0.281 e. The molecule has 0 saturated carbocycles. The van der Waals surface area contributed by atoms with Gasteiger partial charge in [0.25, 0.3) is 5.91 Å². The van der Waals surface area contributed by atoms with Crippen molar-refractivity contribution in [2.45, 2.75) is 13.8 Å². The topological polar surface area (TPSA) is 72.2 Å². The molecule has 0 radical (unpaired) electrons. The maximum atomic E-state index is 12.5. The molecule has 0 aliphatic rings. The van der Waals surface area contributed by atoms with E-state index in [0.717, 1.165) is 27.3 Å². The molecule has 0 bridgehead atoms. The first kappa shape index (κ1) is 17.1. The predicted molar refractivity (Wildman–Crippen MR) is 108 cm³/mol. The average molecular weight is 375 g/mol. The van der Waals surface area contributed by atoms with Crippen LogP contribution in [-0.4, -0.2) is 26.4 Å². The van der Waals surface area contributed by atoms with Crippen LogP contribution in [0.5, 0.6) is 0 Å². The van der Waals surface area contributed by atoms with Crippen molar-refractivity contribution in [3.05, 3.63) is 77.1 Å². The van der Waals surface area contributed by atoms with E-state index < -0.39 is 0 Å². The molecule has 0 spiro atoms. The Hall–Kier alpha value is -3.32. The van der Waals surface area contributed by atoms with Crippen LogP contribution in [0.4, 0.5) is 0 Å². The van der Waals surface area contributed by atoms with Crippen LogP contribution < -0.4 is 5.43 Å². The monoisotopic (exact) mass is 375 g/mol. The van der Waals surface area contributed by atoms with E-state index in [4.69, 9.17) is 0 Å². The summed E-state index contributed by atoms with van der Waals surface area (Å²) in [5, 5.41) is 9.73. The number of rotatable bonds is 4. The van der Waals surface area contributed by atoms with Gasteiger partial charge in [-0.15, -0.1) is 11.3 Å². The third-order valence-corrected chi connectivity index (χ3v) is 5.24. The standard InChI is InChI=1S/C20H17N5OS/c1-13-16-12-18(19(26)23-22-14(2)17-10-6-7-11-21-17)27-20(16)25(24-13)15-8-4-3-5-9-15/h3-12H,1-2H3,(H,23,26)/b22-14+. The largest absolute Gasteiger partial charge is 0.281 e. The number of aryl methyl sites for hydroxylation is 1. The second-order valence-corrected chi connectivity index (χ2v) is 7.05. The lowest BCUT2D eigenvalue weighted by molar-refractivity contribution is 0.0959. The Bertz CT molecular complexity index is 1130. The number of pyridine rings is 1. The predicted octanol–water partition coefficient (Wildman–Crippen LogP) is 3.94. The first-order chi connectivity index (χ1) is 13.1. The van der Waals surface area contributed by atoms with E-state index >= 15 is 0 Å². The van der Waals surface area contributed by atoms with Crippen LogP contribution in [0.2, 0.25) is 0 Å². The van der Waals surface area contributed by atoms with E-state index in [2.05, 4.69) is 20.6 Å². The van der Waals surface area contributed by atoms with Crippen molar-refractivity contribution in [2.24, 2.45) is 5.10 Å². The molecule has 3 aromatic heterocycles. The van der Waals surface area contributed by atoms with Crippen molar-refractivity contribution in [2.75, 3.05) is 0 Å². The molecule has 4 aromatic rings. The van der Waals surface area contributed by atoms with Gasteiger partial charge in [-0.1, -0.05) is 24.3 Å². The summed E-state index contributed by atoms with van der Waals surface area (Å²) in [4.78, 5) is 18.3. The van der Waals surface area contributed by atoms with Crippen LogP contribution in [0.1, 0.15) is 28.0 Å². The van der Waals surface area contributed by atoms with Gasteiger partial charge in [0, 0.05) is 11.6 Å². The minimum absolute atomic E-state index is 0.245. The Morgan fingerprint density at radius 3 is 2.67 bits per heavy atom. The number of hydrogen-bond acceptors (Lipinski definition) is 5. The van der Waals surface area contributed by atoms with Gasteiger partial charge in [0.1, 0.15) is 4.83 Å². The van der Waals surface area contributed by atoms with Gasteiger partial charge in [-0.2, -0.15) is 10.2 Å². The number of para-hydroxylation sites is 1. The highest BCUT2D eigenvalue weighted by molar-refractivity contribution is 7.20. The summed E-state index contributed by atoms with van der Waals surface area (Å²) in [5.74, 6) is -0.245. The summed E-state index contributed by atoms with van der Waals surface area (Å²) in [6, 6.07) is 17.3. The fraction of sp³-hybridized carbons (Fsp3) is 0.100. The summed E-state index contributed by atoms with van der Waals surface area (Å²) >= 11 is 1.40. The number of hydrogen-bond donors (Lipinski definition) is 1. The van der Waals surface area contributed by atoms with Crippen molar-refractivity contribution in [1.82, 2.24) is 20.2 Å². The lowest BCUT2D eigenvalue weighted by Gasteiger charge is -2.02. The van der Waals surface area contributed by atoms with Gasteiger partial charge in [-0.3, -0.25) is 9.78 Å². The van der Waals surface area contributed by atoms with Crippen molar-refractivity contribution in [3.8, 4) is 5.69 Å². The molecule has 0 unspecified atom stereocenters. The Labute approximate surface area is 160 Å². The van der Waals surface area contributed by atoms with Crippen LogP contribution in [0.25, 0.3) is 15.9 Å². The molecule has 0 saturated heterocycles. The van der Waals surface area contributed by atoms with Crippen LogP contribution in [-0.2, 0) is 0 Å². The van der Waals surface area contributed by atoms with Gasteiger partial charge in [-0.25, -0.2) is 10.1 Å². The zero-order chi connectivity index (χ0) is 18.8. The Morgan fingerprint density at radius 2 is 1.93 bits per heavy atom. The number of fused-ring (bicyclic) bond motifs is 1. The van der Waals surface area contributed by atoms with Gasteiger partial charge in [0.15, 0.2) is 0 Å². The molecule has 1 amide bonds. The second kappa shape index (κ2) is 7.13. The Morgan fingerprint density at radius 1 is 1.15 bits per heavy atom. The second-order valence-electron chi connectivity index (χ2n) is 6.02. The number of carbonyl (C=O) groups excluding carboxylic acids is 1. The van der Waals surface area contributed by atoms with E-state index in [0.29, 0.717) is 10.6 Å². The van der Waals surface area contributed by atoms with Crippen molar-refractivity contribution < 1.29 is 4.79 Å². The molecule has 1 aromatic carbocycles. The molecule has 1 N–H and O–H groups in total. The molecule has 0 atom stereocenters. The highest BCUT2D eigenvalue weighted by Gasteiger charge is 2.17. The normalized spacial score (nSPS) is 11.7. The van der Waals surface area contributed by atoms with Crippen molar-refractivity contribution in [1.29, 1.82) is 0 Å². The summed E-state index contributed by atoms with van der Waals surface area (Å²) in [6.07, 6.45) is 1.69. The molecule has 0 fully saturated rings. The van der Waals surface area contributed by atoms with Gasteiger partial charge >= 0.3 is 0 Å². The average Bonchev–Trinajstić information content (AvgIpc) is 3.28. The SMILES string of the molecule is C/C(=N\NC(=O)c1cc2c(C)nn(-c3ccccc3)c2s1)c1ccccn1. The van der Waals surface area contributed by atoms with Crippen LogP contribution >= 0.6 is 11.3 Å². The number of nitrogens with one attached hydrogen (secondary N) is 1. The molecule has 4 rings (SSSR count). The maximum absolute atomic E-state index is 12.5. The number of hydrazone groups is 1. The van der Waals surface area contributed by atoms with E-state index in [1.165, 1.54) is 11.3 Å². The molecule has 7 heteroatoms. The Kier molecular flexibility index (Phi) is 4.52. The molecule has 6 nitrogen and oxygen atoms in total. The van der Waals surface area contributed by atoms with Crippen LogP contribution in [0.15, 0.2) is 65.9 Å². The van der Waals surface area contributed by atoms with E-state index in [1.807, 2.05) is 73.1 Å². The Balaban J connectivity index is 1.62. The first-order valence-corrected chi connectivity index (χ1v) is 9.26. The minimum atomic E-state index is -0.245. The molecular formula is C20H17N5OS. The number of benzene rings is 1.